The van der Waals surface area contributed by atoms with Gasteiger partial charge in [0.2, 0.25) is 0 Å². The lowest BCUT2D eigenvalue weighted by Crippen LogP contribution is -2.11. The number of hydrogen-bond donors (Lipinski definition) is 1. The Morgan fingerprint density at radius 2 is 2.06 bits per heavy atom. The average molecular weight is 297 g/mol. The summed E-state index contributed by atoms with van der Waals surface area (Å²) >= 11 is 3.37. The van der Waals surface area contributed by atoms with Gasteiger partial charge in [-0.05, 0) is 31.2 Å². The van der Waals surface area contributed by atoms with Gasteiger partial charge < -0.3 is 10.5 Å². The van der Waals surface area contributed by atoms with Crippen molar-refractivity contribution in [2.45, 2.75) is 13.5 Å². The molecular formula is C11H13BrN4O. The molecule has 1 aromatic carbocycles. The monoisotopic (exact) mass is 296 g/mol. The zero-order valence-electron chi connectivity index (χ0n) is 9.43. The van der Waals surface area contributed by atoms with E-state index in [1.807, 2.05) is 31.2 Å². The molecule has 0 amide bonds. The third-order valence-electron chi connectivity index (χ3n) is 2.40. The molecule has 1 aromatic heterocycles. The van der Waals surface area contributed by atoms with Crippen molar-refractivity contribution < 1.29 is 4.74 Å². The number of benzene rings is 1. The van der Waals surface area contributed by atoms with E-state index in [-0.39, 0.29) is 0 Å². The summed E-state index contributed by atoms with van der Waals surface area (Å²) in [6.07, 6.45) is 0. The zero-order chi connectivity index (χ0) is 12.3. The standard InChI is InChI=1S/C11H13BrN4O/c1-8-11(13)14-15-16(8)6-7-17-10-4-2-9(12)3-5-10/h2-5H,6-7,13H2,1H3. The van der Waals surface area contributed by atoms with Crippen LogP contribution in [0.3, 0.4) is 0 Å². The molecule has 2 rings (SSSR count). The van der Waals surface area contributed by atoms with Gasteiger partial charge in [-0.3, -0.25) is 0 Å². The summed E-state index contributed by atoms with van der Waals surface area (Å²) in [7, 11) is 0. The summed E-state index contributed by atoms with van der Waals surface area (Å²) < 4.78 is 8.34. The lowest BCUT2D eigenvalue weighted by molar-refractivity contribution is 0.288. The van der Waals surface area contributed by atoms with Crippen LogP contribution in [-0.4, -0.2) is 21.6 Å². The molecule has 6 heteroatoms. The van der Waals surface area contributed by atoms with Crippen LogP contribution in [0, 0.1) is 6.92 Å². The van der Waals surface area contributed by atoms with Crippen molar-refractivity contribution >= 4 is 21.7 Å². The lowest BCUT2D eigenvalue weighted by atomic mass is 10.3. The number of ether oxygens (including phenoxy) is 1. The number of anilines is 1. The summed E-state index contributed by atoms with van der Waals surface area (Å²) in [5.41, 5.74) is 6.46. The Morgan fingerprint density at radius 1 is 1.35 bits per heavy atom. The maximum absolute atomic E-state index is 5.60. The number of hydrogen-bond acceptors (Lipinski definition) is 4. The molecule has 0 spiro atoms. The summed E-state index contributed by atoms with van der Waals surface area (Å²) in [6.45, 7) is 3.05. The SMILES string of the molecule is Cc1c(N)nnn1CCOc1ccc(Br)cc1. The Hall–Kier alpha value is -1.56. The minimum atomic E-state index is 0.466. The molecular weight excluding hydrogens is 284 g/mol. The molecule has 0 atom stereocenters. The Morgan fingerprint density at radius 3 is 2.65 bits per heavy atom. The number of nitrogen functional groups attached to an aromatic ring is 1. The second-order valence-corrected chi connectivity index (χ2v) is 4.50. The molecule has 0 unspecified atom stereocenters. The fraction of sp³-hybridized carbons (Fsp3) is 0.273. The minimum Gasteiger partial charge on any atom is -0.492 e. The molecule has 0 bridgehead atoms. The van der Waals surface area contributed by atoms with Crippen LogP contribution < -0.4 is 10.5 Å². The first kappa shape index (κ1) is 11.9. The van der Waals surface area contributed by atoms with Gasteiger partial charge in [0.05, 0.1) is 12.2 Å². The van der Waals surface area contributed by atoms with Gasteiger partial charge in [-0.15, -0.1) is 5.10 Å². The van der Waals surface area contributed by atoms with Gasteiger partial charge in [-0.25, -0.2) is 4.68 Å². The fourth-order valence-corrected chi connectivity index (χ4v) is 1.63. The van der Waals surface area contributed by atoms with E-state index >= 15 is 0 Å². The largest absolute Gasteiger partial charge is 0.492 e. The highest BCUT2D eigenvalue weighted by Crippen LogP contribution is 2.16. The van der Waals surface area contributed by atoms with E-state index in [1.54, 1.807) is 4.68 Å². The first-order valence-corrected chi connectivity index (χ1v) is 6.00. The van der Waals surface area contributed by atoms with Gasteiger partial charge in [0.25, 0.3) is 0 Å². The predicted octanol–water partition coefficient (Wildman–Crippen LogP) is 2.01. The highest BCUT2D eigenvalue weighted by atomic mass is 79.9. The molecule has 0 aliphatic carbocycles. The van der Waals surface area contributed by atoms with Crippen molar-refractivity contribution in [3.8, 4) is 5.75 Å². The van der Waals surface area contributed by atoms with Crippen molar-refractivity contribution in [1.29, 1.82) is 0 Å². The highest BCUT2D eigenvalue weighted by molar-refractivity contribution is 9.10. The molecule has 0 aliphatic rings. The van der Waals surface area contributed by atoms with E-state index in [9.17, 15) is 0 Å². The Kier molecular flexibility index (Phi) is 3.63. The number of nitrogens with zero attached hydrogens (tertiary/aromatic N) is 3. The fourth-order valence-electron chi connectivity index (χ4n) is 1.37. The average Bonchev–Trinajstić information content (AvgIpc) is 2.64. The van der Waals surface area contributed by atoms with Crippen LogP contribution in [0.15, 0.2) is 28.7 Å². The van der Waals surface area contributed by atoms with Crippen molar-refractivity contribution in [1.82, 2.24) is 15.0 Å². The summed E-state index contributed by atoms with van der Waals surface area (Å²) in [4.78, 5) is 0. The Bertz CT molecular complexity index is 495. The second-order valence-electron chi connectivity index (χ2n) is 3.59. The molecule has 2 aromatic rings. The van der Waals surface area contributed by atoms with Gasteiger partial charge in [0.1, 0.15) is 12.4 Å². The number of rotatable bonds is 4. The van der Waals surface area contributed by atoms with Crippen molar-refractivity contribution in [2.75, 3.05) is 12.3 Å². The Balaban J connectivity index is 1.87. The molecule has 0 saturated heterocycles. The lowest BCUT2D eigenvalue weighted by Gasteiger charge is -2.06. The number of aromatic nitrogens is 3. The molecule has 5 nitrogen and oxygen atoms in total. The van der Waals surface area contributed by atoms with Gasteiger partial charge in [-0.2, -0.15) is 0 Å². The van der Waals surface area contributed by atoms with Crippen LogP contribution in [0.4, 0.5) is 5.82 Å². The zero-order valence-corrected chi connectivity index (χ0v) is 11.0. The molecule has 0 aliphatic heterocycles. The first-order chi connectivity index (χ1) is 8.16. The third-order valence-corrected chi connectivity index (χ3v) is 2.93. The third kappa shape index (κ3) is 2.97. The molecule has 0 radical (unpaired) electrons. The van der Waals surface area contributed by atoms with Gasteiger partial charge in [-0.1, -0.05) is 21.1 Å². The van der Waals surface area contributed by atoms with Gasteiger partial charge in [0, 0.05) is 4.47 Å². The number of halogens is 1. The van der Waals surface area contributed by atoms with E-state index in [0.29, 0.717) is 19.0 Å². The van der Waals surface area contributed by atoms with E-state index in [0.717, 1.165) is 15.9 Å². The molecule has 0 saturated carbocycles. The molecule has 1 heterocycles. The van der Waals surface area contributed by atoms with Crippen molar-refractivity contribution in [2.24, 2.45) is 0 Å². The van der Waals surface area contributed by atoms with Crippen LogP contribution in [0.1, 0.15) is 5.69 Å². The van der Waals surface area contributed by atoms with Crippen LogP contribution in [0.2, 0.25) is 0 Å². The van der Waals surface area contributed by atoms with Crippen LogP contribution in [-0.2, 0) is 6.54 Å². The van der Waals surface area contributed by atoms with E-state index in [4.69, 9.17) is 10.5 Å². The highest BCUT2D eigenvalue weighted by Gasteiger charge is 2.04. The van der Waals surface area contributed by atoms with E-state index in [2.05, 4.69) is 26.2 Å². The molecule has 90 valence electrons. The summed E-state index contributed by atoms with van der Waals surface area (Å²) in [5.74, 6) is 1.30. The molecule has 17 heavy (non-hydrogen) atoms. The van der Waals surface area contributed by atoms with Crippen LogP contribution in [0.25, 0.3) is 0 Å². The number of nitrogens with two attached hydrogens (primary N) is 1. The predicted molar refractivity (Wildman–Crippen MR) is 68.8 cm³/mol. The minimum absolute atomic E-state index is 0.466. The molecule has 0 fully saturated rings. The quantitative estimate of drug-likeness (QED) is 0.937. The van der Waals surface area contributed by atoms with Gasteiger partial charge in [0.15, 0.2) is 5.82 Å². The summed E-state index contributed by atoms with van der Waals surface area (Å²) in [6, 6.07) is 7.70. The molecule has 2 N–H and O–H groups in total. The normalized spacial score (nSPS) is 10.5. The smallest absolute Gasteiger partial charge is 0.168 e. The summed E-state index contributed by atoms with van der Waals surface area (Å²) in [5, 5.41) is 7.70. The van der Waals surface area contributed by atoms with E-state index < -0.39 is 0 Å². The van der Waals surface area contributed by atoms with Crippen molar-refractivity contribution in [3.05, 3.63) is 34.4 Å². The second kappa shape index (κ2) is 5.18. The maximum atomic E-state index is 5.60. The van der Waals surface area contributed by atoms with Crippen LogP contribution in [0.5, 0.6) is 5.75 Å². The van der Waals surface area contributed by atoms with Crippen LogP contribution >= 0.6 is 15.9 Å². The van der Waals surface area contributed by atoms with E-state index in [1.165, 1.54) is 0 Å². The Labute approximate surface area is 108 Å². The topological polar surface area (TPSA) is 66.0 Å². The first-order valence-electron chi connectivity index (χ1n) is 5.21. The maximum Gasteiger partial charge on any atom is 0.168 e. The van der Waals surface area contributed by atoms with Crippen molar-refractivity contribution in [3.63, 3.8) is 0 Å². The van der Waals surface area contributed by atoms with Gasteiger partial charge >= 0.3 is 0 Å².